The third-order valence-electron chi connectivity index (χ3n) is 1.26. The van der Waals surface area contributed by atoms with Crippen molar-refractivity contribution in [2.45, 2.75) is 6.92 Å². The first-order chi connectivity index (χ1) is 3.36. The molecule has 1 aliphatic carbocycles. The van der Waals surface area contributed by atoms with Gasteiger partial charge in [-0.15, -0.1) is 0 Å². The molecule has 1 unspecified atom stereocenters. The van der Waals surface area contributed by atoms with Gasteiger partial charge in [-0.25, -0.2) is 0 Å². The highest BCUT2D eigenvalue weighted by molar-refractivity contribution is 5.36. The average molecular weight is 94.1 g/mol. The van der Waals surface area contributed by atoms with Gasteiger partial charge in [-0.3, -0.25) is 0 Å². The molecule has 1 heteroatoms. The highest BCUT2D eigenvalue weighted by Gasteiger charge is 2.30. The highest BCUT2D eigenvalue weighted by atomic mass is 16.5. The topological polar surface area (TPSA) is 9.23 Å². The van der Waals surface area contributed by atoms with Crippen LogP contribution in [0.2, 0.25) is 0 Å². The zero-order valence-electron chi connectivity index (χ0n) is 4.14. The molecule has 2 rings (SSSR count). The van der Waals surface area contributed by atoms with Crippen LogP contribution in [0, 0.1) is 5.92 Å². The number of fused-ring (bicyclic) bond motifs is 1. The maximum atomic E-state index is 5.16. The van der Waals surface area contributed by atoms with Crippen molar-refractivity contribution in [3.05, 3.63) is 23.7 Å². The van der Waals surface area contributed by atoms with Crippen LogP contribution in [0.1, 0.15) is 6.92 Å². The number of hydrogen-bond donors (Lipinski definition) is 0. The molecule has 0 bridgehead atoms. The Labute approximate surface area is 42.3 Å². The number of allylic oxidation sites excluding steroid dienone is 3. The molecule has 0 N–H and O–H groups in total. The van der Waals surface area contributed by atoms with Gasteiger partial charge >= 0.3 is 0 Å². The van der Waals surface area contributed by atoms with Crippen LogP contribution in [-0.2, 0) is 4.74 Å². The lowest BCUT2D eigenvalue weighted by Gasteiger charge is -1.89. The molecule has 36 valence electrons. The first-order valence-electron chi connectivity index (χ1n) is 2.44. The molecule has 0 saturated heterocycles. The largest absolute Gasteiger partial charge is 0.466 e. The molecule has 1 atom stereocenters. The first kappa shape index (κ1) is 3.30. The third-order valence-corrected chi connectivity index (χ3v) is 1.26. The third kappa shape index (κ3) is 0.322. The second kappa shape index (κ2) is 0.760. The van der Waals surface area contributed by atoms with Crippen molar-refractivity contribution >= 4 is 0 Å². The van der Waals surface area contributed by atoms with Crippen molar-refractivity contribution in [3.63, 3.8) is 0 Å². The zero-order chi connectivity index (χ0) is 4.85. The van der Waals surface area contributed by atoms with Gasteiger partial charge in [0.1, 0.15) is 5.76 Å². The molecular weight excluding hydrogens is 88.1 g/mol. The van der Waals surface area contributed by atoms with E-state index in [-0.39, 0.29) is 0 Å². The molecule has 1 heterocycles. The molecule has 0 spiro atoms. The van der Waals surface area contributed by atoms with Crippen molar-refractivity contribution in [1.29, 1.82) is 0 Å². The normalized spacial score (nSPS) is 33.0. The average Bonchev–Trinajstić information content (AvgIpc) is 2.15. The Balaban J connectivity index is 2.28. The molecule has 2 aliphatic rings. The summed E-state index contributed by atoms with van der Waals surface area (Å²) < 4.78 is 5.16. The summed E-state index contributed by atoms with van der Waals surface area (Å²) in [5, 5.41) is 0. The maximum Gasteiger partial charge on any atom is 0.112 e. The van der Waals surface area contributed by atoms with Crippen LogP contribution in [0.5, 0.6) is 0 Å². The van der Waals surface area contributed by atoms with E-state index in [1.165, 1.54) is 0 Å². The molecule has 0 aromatic carbocycles. The Morgan fingerprint density at radius 1 is 1.57 bits per heavy atom. The van der Waals surface area contributed by atoms with E-state index < -0.39 is 0 Å². The molecule has 1 aliphatic heterocycles. The summed E-state index contributed by atoms with van der Waals surface area (Å²) in [5.74, 6) is 2.81. The van der Waals surface area contributed by atoms with Gasteiger partial charge < -0.3 is 4.74 Å². The minimum atomic E-state index is 0.597. The van der Waals surface area contributed by atoms with Crippen molar-refractivity contribution < 1.29 is 4.74 Å². The summed E-state index contributed by atoms with van der Waals surface area (Å²) in [5.41, 5.74) is 0. The Bertz CT molecular complexity index is 165. The quantitative estimate of drug-likeness (QED) is 0.441. The van der Waals surface area contributed by atoms with Gasteiger partial charge in [0.25, 0.3) is 0 Å². The van der Waals surface area contributed by atoms with Crippen LogP contribution in [0.15, 0.2) is 23.7 Å². The summed E-state index contributed by atoms with van der Waals surface area (Å²) in [6.07, 6.45) is 4.22. The van der Waals surface area contributed by atoms with Crippen LogP contribution >= 0.6 is 0 Å². The van der Waals surface area contributed by atoms with Gasteiger partial charge in [0.15, 0.2) is 0 Å². The first-order valence-corrected chi connectivity index (χ1v) is 2.44. The predicted octanol–water partition coefficient (Wildman–Crippen LogP) is 1.43. The zero-order valence-corrected chi connectivity index (χ0v) is 4.14. The van der Waals surface area contributed by atoms with Gasteiger partial charge in [0.05, 0.1) is 11.7 Å². The van der Waals surface area contributed by atoms with E-state index in [0.717, 1.165) is 11.5 Å². The highest BCUT2D eigenvalue weighted by Crippen LogP contribution is 2.39. The minimum absolute atomic E-state index is 0.597. The molecule has 0 aromatic heterocycles. The van der Waals surface area contributed by atoms with Gasteiger partial charge in [0.2, 0.25) is 0 Å². The van der Waals surface area contributed by atoms with E-state index >= 15 is 0 Å². The van der Waals surface area contributed by atoms with Crippen molar-refractivity contribution in [3.8, 4) is 0 Å². The Hall–Kier alpha value is -0.720. The van der Waals surface area contributed by atoms with E-state index in [9.17, 15) is 0 Å². The van der Waals surface area contributed by atoms with Crippen LogP contribution in [0.4, 0.5) is 0 Å². The predicted molar refractivity (Wildman–Crippen MR) is 26.4 cm³/mol. The SMILES string of the molecule is CC1=CC2C=C2O1. The lowest BCUT2D eigenvalue weighted by molar-refractivity contribution is 0.339. The van der Waals surface area contributed by atoms with Gasteiger partial charge in [-0.1, -0.05) is 0 Å². The Morgan fingerprint density at radius 3 is 2.71 bits per heavy atom. The minimum Gasteiger partial charge on any atom is -0.466 e. The molecule has 7 heavy (non-hydrogen) atoms. The van der Waals surface area contributed by atoms with Gasteiger partial charge in [-0.05, 0) is 19.1 Å². The fourth-order valence-corrected chi connectivity index (χ4v) is 0.834. The van der Waals surface area contributed by atoms with E-state index in [1.807, 2.05) is 6.92 Å². The van der Waals surface area contributed by atoms with E-state index in [2.05, 4.69) is 12.2 Å². The van der Waals surface area contributed by atoms with Gasteiger partial charge in [0, 0.05) is 0 Å². The molecule has 0 fully saturated rings. The molecular formula is C6H6O. The van der Waals surface area contributed by atoms with Crippen molar-refractivity contribution in [2.75, 3.05) is 0 Å². The van der Waals surface area contributed by atoms with E-state index in [4.69, 9.17) is 4.74 Å². The van der Waals surface area contributed by atoms with Crippen LogP contribution in [-0.4, -0.2) is 0 Å². The molecule has 0 saturated carbocycles. The summed E-state index contributed by atoms with van der Waals surface area (Å²) in [4.78, 5) is 0. The second-order valence-corrected chi connectivity index (χ2v) is 1.97. The maximum absolute atomic E-state index is 5.16. The second-order valence-electron chi connectivity index (χ2n) is 1.97. The van der Waals surface area contributed by atoms with Crippen molar-refractivity contribution in [2.24, 2.45) is 5.92 Å². The fourth-order valence-electron chi connectivity index (χ4n) is 0.834. The Morgan fingerprint density at radius 2 is 2.43 bits per heavy atom. The Kier molecular flexibility index (Phi) is 0.359. The number of rotatable bonds is 0. The fraction of sp³-hybridized carbons (Fsp3) is 0.333. The summed E-state index contributed by atoms with van der Waals surface area (Å²) in [7, 11) is 0. The number of hydrogen-bond acceptors (Lipinski definition) is 1. The molecule has 1 nitrogen and oxygen atoms in total. The summed E-state index contributed by atoms with van der Waals surface area (Å²) >= 11 is 0. The molecule has 0 amide bonds. The lowest BCUT2D eigenvalue weighted by Crippen LogP contribution is -1.68. The molecule has 0 aromatic rings. The van der Waals surface area contributed by atoms with E-state index in [1.54, 1.807) is 0 Å². The van der Waals surface area contributed by atoms with Crippen LogP contribution in [0.25, 0.3) is 0 Å². The summed E-state index contributed by atoms with van der Waals surface area (Å²) in [6.45, 7) is 1.98. The van der Waals surface area contributed by atoms with E-state index in [0.29, 0.717) is 5.92 Å². The van der Waals surface area contributed by atoms with Crippen molar-refractivity contribution in [1.82, 2.24) is 0 Å². The van der Waals surface area contributed by atoms with Crippen LogP contribution in [0.3, 0.4) is 0 Å². The monoisotopic (exact) mass is 94.0 g/mol. The summed E-state index contributed by atoms with van der Waals surface area (Å²) in [6, 6.07) is 0. The lowest BCUT2D eigenvalue weighted by atomic mass is 10.3. The molecule has 0 radical (unpaired) electrons. The number of ether oxygens (including phenoxy) is 1. The van der Waals surface area contributed by atoms with Gasteiger partial charge in [-0.2, -0.15) is 0 Å². The smallest absolute Gasteiger partial charge is 0.112 e. The van der Waals surface area contributed by atoms with Crippen LogP contribution < -0.4 is 0 Å². The standard InChI is InChI=1S/C6H6O/c1-4-2-5-3-6(5)7-4/h2-3,5H,1H3.